The second-order valence-electron chi connectivity index (χ2n) is 7.37. The Morgan fingerprint density at radius 3 is 2.33 bits per heavy atom. The second-order valence-corrected chi connectivity index (χ2v) is 7.37. The third-order valence-electron chi connectivity index (χ3n) is 5.83. The summed E-state index contributed by atoms with van der Waals surface area (Å²) < 4.78 is 0. The van der Waals surface area contributed by atoms with Crippen molar-refractivity contribution < 1.29 is 4.79 Å². The van der Waals surface area contributed by atoms with E-state index >= 15 is 0 Å². The first-order chi connectivity index (χ1) is 10.2. The zero-order valence-electron chi connectivity index (χ0n) is 14.0. The van der Waals surface area contributed by atoms with E-state index in [9.17, 15) is 4.79 Å². The third-order valence-corrected chi connectivity index (χ3v) is 5.83. The summed E-state index contributed by atoms with van der Waals surface area (Å²) in [4.78, 5) is 12.1. The predicted octanol–water partition coefficient (Wildman–Crippen LogP) is 3.34. The molecule has 0 spiro atoms. The highest BCUT2D eigenvalue weighted by atomic mass is 16.1. The zero-order valence-corrected chi connectivity index (χ0v) is 14.0. The molecule has 21 heavy (non-hydrogen) atoms. The lowest BCUT2D eigenvalue weighted by Gasteiger charge is -2.29. The van der Waals surface area contributed by atoms with Gasteiger partial charge in [-0.3, -0.25) is 4.79 Å². The topological polar surface area (TPSA) is 41.1 Å². The lowest BCUT2D eigenvalue weighted by molar-refractivity contribution is -0.122. The molecule has 1 saturated carbocycles. The molecule has 3 nitrogen and oxygen atoms in total. The number of hydrogen-bond acceptors (Lipinski definition) is 2. The predicted molar refractivity (Wildman–Crippen MR) is 88.1 cm³/mol. The third kappa shape index (κ3) is 5.61. The SMILES string of the molecule is CCC1CCC(CNC(=O)CC(C)C2CCNCC2)CC1. The fourth-order valence-corrected chi connectivity index (χ4v) is 4.05. The molecule has 1 heterocycles. The summed E-state index contributed by atoms with van der Waals surface area (Å²) in [6.07, 6.45) is 9.85. The number of nitrogens with one attached hydrogen (secondary N) is 2. The minimum atomic E-state index is 0.277. The molecule has 3 heteroatoms. The van der Waals surface area contributed by atoms with E-state index in [4.69, 9.17) is 0 Å². The van der Waals surface area contributed by atoms with E-state index < -0.39 is 0 Å². The van der Waals surface area contributed by atoms with E-state index in [0.29, 0.717) is 5.92 Å². The van der Waals surface area contributed by atoms with Gasteiger partial charge in [-0.2, -0.15) is 0 Å². The molecule has 2 aliphatic rings. The Bertz CT molecular complexity index is 304. The summed E-state index contributed by atoms with van der Waals surface area (Å²) in [5.41, 5.74) is 0. The molecule has 0 aromatic heterocycles. The molecule has 1 unspecified atom stereocenters. The second kappa shape index (κ2) is 8.77. The van der Waals surface area contributed by atoms with E-state index in [-0.39, 0.29) is 5.91 Å². The smallest absolute Gasteiger partial charge is 0.220 e. The molecule has 1 atom stereocenters. The summed E-state index contributed by atoms with van der Waals surface area (Å²) in [5, 5.41) is 6.60. The average molecular weight is 294 g/mol. The quantitative estimate of drug-likeness (QED) is 0.789. The molecule has 1 aliphatic heterocycles. The van der Waals surface area contributed by atoms with Crippen LogP contribution in [0.1, 0.15) is 65.2 Å². The zero-order chi connectivity index (χ0) is 15.1. The number of amides is 1. The molecule has 2 rings (SSSR count). The van der Waals surface area contributed by atoms with Crippen LogP contribution in [0, 0.1) is 23.7 Å². The van der Waals surface area contributed by atoms with Gasteiger partial charge in [0, 0.05) is 13.0 Å². The van der Waals surface area contributed by atoms with Crippen LogP contribution in [0.2, 0.25) is 0 Å². The molecule has 0 aromatic rings. The van der Waals surface area contributed by atoms with E-state index in [1.165, 1.54) is 44.9 Å². The van der Waals surface area contributed by atoms with Crippen molar-refractivity contribution >= 4 is 5.91 Å². The number of hydrogen-bond donors (Lipinski definition) is 2. The van der Waals surface area contributed by atoms with Crippen LogP contribution in [0.5, 0.6) is 0 Å². The highest BCUT2D eigenvalue weighted by Crippen LogP contribution is 2.30. The first-order valence-corrected chi connectivity index (χ1v) is 9.16. The van der Waals surface area contributed by atoms with Crippen molar-refractivity contribution in [3.8, 4) is 0 Å². The van der Waals surface area contributed by atoms with Gasteiger partial charge in [0.1, 0.15) is 0 Å². The monoisotopic (exact) mass is 294 g/mol. The Kier molecular flexibility index (Phi) is 7.01. The maximum Gasteiger partial charge on any atom is 0.220 e. The van der Waals surface area contributed by atoms with Crippen LogP contribution in [-0.4, -0.2) is 25.5 Å². The van der Waals surface area contributed by atoms with Gasteiger partial charge in [0.15, 0.2) is 0 Å². The Morgan fingerprint density at radius 1 is 1.10 bits per heavy atom. The normalized spacial score (nSPS) is 29.0. The van der Waals surface area contributed by atoms with Gasteiger partial charge < -0.3 is 10.6 Å². The fraction of sp³-hybridized carbons (Fsp3) is 0.944. The number of carbonyl (C=O) groups excluding carboxylic acids is 1. The summed E-state index contributed by atoms with van der Waals surface area (Å²) >= 11 is 0. The maximum atomic E-state index is 12.1. The van der Waals surface area contributed by atoms with Crippen LogP contribution in [0.4, 0.5) is 0 Å². The number of rotatable bonds is 6. The molecule has 1 aliphatic carbocycles. The van der Waals surface area contributed by atoms with Crippen molar-refractivity contribution in [2.24, 2.45) is 23.7 Å². The Hall–Kier alpha value is -0.570. The standard InChI is InChI=1S/C18H34N2O/c1-3-15-4-6-16(7-5-15)13-20-18(21)12-14(2)17-8-10-19-11-9-17/h14-17,19H,3-13H2,1-2H3,(H,20,21). The molecular weight excluding hydrogens is 260 g/mol. The molecule has 0 bridgehead atoms. The Labute approximate surface area is 130 Å². The molecule has 2 fully saturated rings. The first-order valence-electron chi connectivity index (χ1n) is 9.16. The molecule has 0 aromatic carbocycles. The van der Waals surface area contributed by atoms with Crippen molar-refractivity contribution in [1.82, 2.24) is 10.6 Å². The minimum absolute atomic E-state index is 0.277. The molecule has 1 saturated heterocycles. The number of carbonyl (C=O) groups is 1. The van der Waals surface area contributed by atoms with Gasteiger partial charge in [0.2, 0.25) is 5.91 Å². The van der Waals surface area contributed by atoms with Crippen LogP contribution in [0.3, 0.4) is 0 Å². The van der Waals surface area contributed by atoms with Crippen LogP contribution in [0.25, 0.3) is 0 Å². The van der Waals surface area contributed by atoms with Crippen LogP contribution in [-0.2, 0) is 4.79 Å². The van der Waals surface area contributed by atoms with E-state index in [2.05, 4.69) is 24.5 Å². The maximum absolute atomic E-state index is 12.1. The lowest BCUT2D eigenvalue weighted by atomic mass is 9.81. The summed E-state index contributed by atoms with van der Waals surface area (Å²) in [5.74, 6) is 3.21. The van der Waals surface area contributed by atoms with Gasteiger partial charge in [0.05, 0.1) is 0 Å². The minimum Gasteiger partial charge on any atom is -0.356 e. The van der Waals surface area contributed by atoms with Crippen molar-refractivity contribution in [3.63, 3.8) is 0 Å². The van der Waals surface area contributed by atoms with Crippen molar-refractivity contribution in [2.75, 3.05) is 19.6 Å². The van der Waals surface area contributed by atoms with E-state index in [1.807, 2.05) is 0 Å². The van der Waals surface area contributed by atoms with Crippen molar-refractivity contribution in [1.29, 1.82) is 0 Å². The van der Waals surface area contributed by atoms with Gasteiger partial charge in [0.25, 0.3) is 0 Å². The molecular formula is C18H34N2O. The van der Waals surface area contributed by atoms with E-state index in [0.717, 1.165) is 43.8 Å². The first kappa shape index (κ1) is 16.8. The van der Waals surface area contributed by atoms with Crippen LogP contribution >= 0.6 is 0 Å². The van der Waals surface area contributed by atoms with Gasteiger partial charge >= 0.3 is 0 Å². The van der Waals surface area contributed by atoms with Crippen LogP contribution < -0.4 is 10.6 Å². The Balaban J connectivity index is 1.61. The molecule has 122 valence electrons. The van der Waals surface area contributed by atoms with Crippen molar-refractivity contribution in [3.05, 3.63) is 0 Å². The van der Waals surface area contributed by atoms with Crippen LogP contribution in [0.15, 0.2) is 0 Å². The fourth-order valence-electron chi connectivity index (χ4n) is 4.05. The largest absolute Gasteiger partial charge is 0.356 e. The lowest BCUT2D eigenvalue weighted by Crippen LogP contribution is -2.35. The van der Waals surface area contributed by atoms with Gasteiger partial charge in [-0.25, -0.2) is 0 Å². The summed E-state index contributed by atoms with van der Waals surface area (Å²) in [7, 11) is 0. The molecule has 1 amide bonds. The molecule has 2 N–H and O–H groups in total. The molecule has 0 radical (unpaired) electrons. The van der Waals surface area contributed by atoms with Gasteiger partial charge in [-0.05, 0) is 62.4 Å². The highest BCUT2D eigenvalue weighted by molar-refractivity contribution is 5.76. The Morgan fingerprint density at radius 2 is 1.71 bits per heavy atom. The van der Waals surface area contributed by atoms with Gasteiger partial charge in [-0.15, -0.1) is 0 Å². The summed E-state index contributed by atoms with van der Waals surface area (Å²) in [6.45, 7) is 7.71. The highest BCUT2D eigenvalue weighted by Gasteiger charge is 2.23. The summed E-state index contributed by atoms with van der Waals surface area (Å²) in [6, 6.07) is 0. The number of piperidine rings is 1. The average Bonchev–Trinajstić information content (AvgIpc) is 2.54. The van der Waals surface area contributed by atoms with E-state index in [1.54, 1.807) is 0 Å². The van der Waals surface area contributed by atoms with Gasteiger partial charge in [-0.1, -0.05) is 33.1 Å². The van der Waals surface area contributed by atoms with Crippen molar-refractivity contribution in [2.45, 2.75) is 65.2 Å².